The summed E-state index contributed by atoms with van der Waals surface area (Å²) in [6, 6.07) is 0.913. The maximum Gasteiger partial charge on any atom is 0.138 e. The van der Waals surface area contributed by atoms with Crippen molar-refractivity contribution in [2.45, 2.75) is 51.6 Å². The Hall–Kier alpha value is -0.550. The predicted octanol–water partition coefficient (Wildman–Crippen LogP) is 2.52. The molecule has 1 aliphatic heterocycles. The van der Waals surface area contributed by atoms with Crippen molar-refractivity contribution in [2.75, 3.05) is 18.6 Å². The Morgan fingerprint density at radius 3 is 2.79 bits per heavy atom. The smallest absolute Gasteiger partial charge is 0.138 e. The van der Waals surface area contributed by atoms with Gasteiger partial charge in [0.15, 0.2) is 0 Å². The highest BCUT2D eigenvalue weighted by atomic mass is 32.2. The first-order chi connectivity index (χ1) is 9.20. The molecule has 0 bridgehead atoms. The molecule has 108 valence electrons. The maximum absolute atomic E-state index is 4.43. The number of hydrogen-bond donors (Lipinski definition) is 1. The fourth-order valence-corrected chi connectivity index (χ4v) is 3.96. The van der Waals surface area contributed by atoms with Crippen molar-refractivity contribution < 1.29 is 0 Å². The fraction of sp³-hybridized carbons (Fsp3) is 0.857. The van der Waals surface area contributed by atoms with Crippen molar-refractivity contribution in [3.05, 3.63) is 12.2 Å². The maximum atomic E-state index is 4.43. The summed E-state index contributed by atoms with van der Waals surface area (Å²) in [6.45, 7) is 4.32. The monoisotopic (exact) mass is 282 g/mol. The zero-order chi connectivity index (χ0) is 13.7. The molecule has 0 saturated carbocycles. The summed E-state index contributed by atoms with van der Waals surface area (Å²) in [5, 5.41) is 7.79. The molecule has 1 aromatic heterocycles. The molecule has 0 radical (unpaired) electrons. The Kier molecular flexibility index (Phi) is 5.70. The molecule has 2 heterocycles. The van der Waals surface area contributed by atoms with Crippen LogP contribution in [0, 0.1) is 5.92 Å². The summed E-state index contributed by atoms with van der Waals surface area (Å²) < 4.78 is 2.04. The van der Waals surface area contributed by atoms with E-state index in [4.69, 9.17) is 0 Å². The van der Waals surface area contributed by atoms with E-state index < -0.39 is 0 Å². The summed E-state index contributed by atoms with van der Waals surface area (Å²) >= 11 is 2.10. The minimum absolute atomic E-state index is 0.390. The largest absolute Gasteiger partial charge is 0.317 e. The van der Waals surface area contributed by atoms with E-state index in [1.54, 1.807) is 6.33 Å². The molecule has 1 unspecified atom stereocenters. The fourth-order valence-electron chi connectivity index (χ4n) is 2.76. The zero-order valence-corrected chi connectivity index (χ0v) is 13.1. The zero-order valence-electron chi connectivity index (χ0n) is 12.3. The summed E-state index contributed by atoms with van der Waals surface area (Å²) in [5.41, 5.74) is 0. The first-order valence-corrected chi connectivity index (χ1v) is 8.49. The van der Waals surface area contributed by atoms with Gasteiger partial charge in [0.1, 0.15) is 12.2 Å². The van der Waals surface area contributed by atoms with Gasteiger partial charge in [-0.3, -0.25) is 0 Å². The van der Waals surface area contributed by atoms with Crippen LogP contribution in [-0.2, 0) is 6.42 Å². The topological polar surface area (TPSA) is 42.7 Å². The van der Waals surface area contributed by atoms with Crippen LogP contribution in [-0.4, -0.2) is 39.4 Å². The number of hydrogen-bond acceptors (Lipinski definition) is 4. The lowest BCUT2D eigenvalue weighted by Gasteiger charge is -2.26. The van der Waals surface area contributed by atoms with Gasteiger partial charge in [-0.05, 0) is 57.6 Å². The Morgan fingerprint density at radius 1 is 1.42 bits per heavy atom. The third kappa shape index (κ3) is 4.21. The molecule has 0 aromatic carbocycles. The standard InChI is InChI=1S/C14H26N4S/c1-11(2)18-14(16-10-17-18)9-13(15-3)8-12-4-6-19-7-5-12/h10-13,15H,4-9H2,1-3H3. The van der Waals surface area contributed by atoms with Crippen molar-refractivity contribution in [3.8, 4) is 0 Å². The lowest BCUT2D eigenvalue weighted by atomic mass is 9.93. The van der Waals surface area contributed by atoms with Gasteiger partial charge in [0.25, 0.3) is 0 Å². The first-order valence-electron chi connectivity index (χ1n) is 7.34. The average Bonchev–Trinajstić information content (AvgIpc) is 2.87. The van der Waals surface area contributed by atoms with Gasteiger partial charge in [-0.1, -0.05) is 0 Å². The SMILES string of the molecule is CNC(Cc1ncnn1C(C)C)CC1CCSCC1. The van der Waals surface area contributed by atoms with Crippen LogP contribution in [0.3, 0.4) is 0 Å². The summed E-state index contributed by atoms with van der Waals surface area (Å²) in [4.78, 5) is 4.43. The van der Waals surface area contributed by atoms with Crippen LogP contribution < -0.4 is 5.32 Å². The predicted molar refractivity (Wildman–Crippen MR) is 81.6 cm³/mol. The van der Waals surface area contributed by atoms with E-state index >= 15 is 0 Å². The quantitative estimate of drug-likeness (QED) is 0.870. The molecular formula is C14H26N4S. The first kappa shape index (κ1) is 14.9. The molecule has 5 heteroatoms. The second-order valence-electron chi connectivity index (χ2n) is 5.70. The van der Waals surface area contributed by atoms with E-state index in [-0.39, 0.29) is 0 Å². The molecule has 0 aliphatic carbocycles. The van der Waals surface area contributed by atoms with Gasteiger partial charge in [0.05, 0.1) is 0 Å². The van der Waals surface area contributed by atoms with Gasteiger partial charge < -0.3 is 5.32 Å². The number of nitrogens with one attached hydrogen (secondary N) is 1. The van der Waals surface area contributed by atoms with Gasteiger partial charge in [0, 0.05) is 18.5 Å². The van der Waals surface area contributed by atoms with Crippen LogP contribution in [0.4, 0.5) is 0 Å². The van der Waals surface area contributed by atoms with Crippen LogP contribution in [0.25, 0.3) is 0 Å². The number of thioether (sulfide) groups is 1. The van der Waals surface area contributed by atoms with Gasteiger partial charge in [-0.25, -0.2) is 9.67 Å². The Morgan fingerprint density at radius 2 is 2.16 bits per heavy atom. The molecule has 0 amide bonds. The molecule has 19 heavy (non-hydrogen) atoms. The summed E-state index contributed by atoms with van der Waals surface area (Å²) in [5.74, 6) is 4.67. The van der Waals surface area contributed by atoms with Crippen molar-refractivity contribution in [2.24, 2.45) is 5.92 Å². The Labute approximate surface area is 120 Å². The minimum atomic E-state index is 0.390. The molecule has 1 atom stereocenters. The van der Waals surface area contributed by atoms with Crippen molar-refractivity contribution >= 4 is 11.8 Å². The Bertz CT molecular complexity index is 371. The molecule has 1 fully saturated rings. The van der Waals surface area contributed by atoms with E-state index in [0.29, 0.717) is 12.1 Å². The van der Waals surface area contributed by atoms with Gasteiger partial charge in [-0.15, -0.1) is 0 Å². The molecule has 1 saturated heterocycles. The Balaban J connectivity index is 1.92. The molecule has 1 aliphatic rings. The van der Waals surface area contributed by atoms with Crippen molar-refractivity contribution in [1.82, 2.24) is 20.1 Å². The number of aromatic nitrogens is 3. The molecule has 0 spiro atoms. The average molecular weight is 282 g/mol. The number of nitrogens with zero attached hydrogens (tertiary/aromatic N) is 3. The highest BCUT2D eigenvalue weighted by molar-refractivity contribution is 7.99. The lowest BCUT2D eigenvalue weighted by Crippen LogP contribution is -2.32. The van der Waals surface area contributed by atoms with Gasteiger partial charge >= 0.3 is 0 Å². The van der Waals surface area contributed by atoms with E-state index in [0.717, 1.165) is 18.2 Å². The molecule has 1 N–H and O–H groups in total. The van der Waals surface area contributed by atoms with Gasteiger partial charge in [-0.2, -0.15) is 16.9 Å². The molecular weight excluding hydrogens is 256 g/mol. The third-order valence-electron chi connectivity index (χ3n) is 3.93. The summed E-state index contributed by atoms with van der Waals surface area (Å²) in [6.07, 6.45) is 6.68. The summed E-state index contributed by atoms with van der Waals surface area (Å²) in [7, 11) is 2.07. The lowest BCUT2D eigenvalue weighted by molar-refractivity contribution is 0.365. The molecule has 1 aromatic rings. The second kappa shape index (κ2) is 7.29. The van der Waals surface area contributed by atoms with Crippen LogP contribution in [0.1, 0.15) is 45.0 Å². The molecule has 2 rings (SSSR count). The van der Waals surface area contributed by atoms with E-state index in [1.807, 2.05) is 4.68 Å². The van der Waals surface area contributed by atoms with Crippen LogP contribution in [0.15, 0.2) is 6.33 Å². The van der Waals surface area contributed by atoms with E-state index in [1.165, 1.54) is 30.8 Å². The third-order valence-corrected chi connectivity index (χ3v) is 4.98. The van der Waals surface area contributed by atoms with Crippen LogP contribution in [0.5, 0.6) is 0 Å². The highest BCUT2D eigenvalue weighted by Gasteiger charge is 2.20. The highest BCUT2D eigenvalue weighted by Crippen LogP contribution is 2.27. The number of likely N-dealkylation sites (N-methyl/N-ethyl adjacent to an activating group) is 1. The van der Waals surface area contributed by atoms with Gasteiger partial charge in [0.2, 0.25) is 0 Å². The van der Waals surface area contributed by atoms with E-state index in [9.17, 15) is 0 Å². The number of rotatable bonds is 6. The van der Waals surface area contributed by atoms with E-state index in [2.05, 4.69) is 48.1 Å². The van der Waals surface area contributed by atoms with Crippen molar-refractivity contribution in [3.63, 3.8) is 0 Å². The van der Waals surface area contributed by atoms with Crippen LogP contribution >= 0.6 is 11.8 Å². The van der Waals surface area contributed by atoms with Crippen molar-refractivity contribution in [1.29, 1.82) is 0 Å². The molecule has 4 nitrogen and oxygen atoms in total. The normalized spacial score (nSPS) is 18.9. The minimum Gasteiger partial charge on any atom is -0.317 e. The van der Waals surface area contributed by atoms with Crippen LogP contribution in [0.2, 0.25) is 0 Å². The second-order valence-corrected chi connectivity index (χ2v) is 6.92.